The van der Waals surface area contributed by atoms with Crippen LogP contribution >= 0.6 is 0 Å². The lowest BCUT2D eigenvalue weighted by Gasteiger charge is -2.03. The quantitative estimate of drug-likeness (QED) is 0.673. The Bertz CT molecular complexity index is 740. The molecule has 1 N–H and O–H groups in total. The Balaban J connectivity index is 2.25. The van der Waals surface area contributed by atoms with Crippen LogP contribution in [0.15, 0.2) is 54.6 Å². The number of aromatic nitrogens is 1. The molecule has 0 fully saturated rings. The highest BCUT2D eigenvalue weighted by molar-refractivity contribution is 6.13. The van der Waals surface area contributed by atoms with Gasteiger partial charge in [-0.3, -0.25) is 4.79 Å². The predicted octanol–water partition coefficient (Wildman–Crippen LogP) is 4.82. The van der Waals surface area contributed by atoms with Crippen LogP contribution in [-0.4, -0.2) is 10.8 Å². The molecule has 3 aromatic rings. The lowest BCUT2D eigenvalue weighted by Crippen LogP contribution is -1.99. The summed E-state index contributed by atoms with van der Waals surface area (Å²) in [7, 11) is 0. The smallest absolute Gasteiger partial charge is 0.165 e. The number of nitrogens with one attached hydrogen (secondary N) is 1. The van der Waals surface area contributed by atoms with Crippen LogP contribution in [0.4, 0.5) is 0 Å². The van der Waals surface area contributed by atoms with Crippen LogP contribution in [0.2, 0.25) is 0 Å². The number of carbonyl (C=O) groups excluding carboxylic acids is 1. The van der Waals surface area contributed by atoms with E-state index in [1.807, 2.05) is 61.5 Å². The topological polar surface area (TPSA) is 32.9 Å². The molecule has 0 spiro atoms. The molecule has 0 amide bonds. The molecule has 2 aromatic carbocycles. The van der Waals surface area contributed by atoms with Gasteiger partial charge in [-0.25, -0.2) is 0 Å². The van der Waals surface area contributed by atoms with Crippen LogP contribution in [0.1, 0.15) is 30.1 Å². The maximum absolute atomic E-state index is 12.5. The molecule has 0 aliphatic carbocycles. The first kappa shape index (κ1) is 12.7. The maximum atomic E-state index is 12.5. The zero-order chi connectivity index (χ0) is 13.9. The van der Waals surface area contributed by atoms with Gasteiger partial charge in [0.2, 0.25) is 0 Å². The summed E-state index contributed by atoms with van der Waals surface area (Å²) >= 11 is 0. The van der Waals surface area contributed by atoms with Gasteiger partial charge in [0, 0.05) is 17.3 Å². The molecule has 0 aliphatic heterocycles. The minimum absolute atomic E-state index is 0.212. The van der Waals surface area contributed by atoms with Crippen molar-refractivity contribution in [2.45, 2.75) is 19.8 Å². The molecule has 0 saturated heterocycles. The summed E-state index contributed by atoms with van der Waals surface area (Å²) in [6, 6.07) is 18.0. The zero-order valence-electron chi connectivity index (χ0n) is 11.5. The Kier molecular flexibility index (Phi) is 3.38. The highest BCUT2D eigenvalue weighted by atomic mass is 16.1. The number of para-hydroxylation sites is 1. The summed E-state index contributed by atoms with van der Waals surface area (Å²) in [5.74, 6) is 0.212. The summed E-state index contributed by atoms with van der Waals surface area (Å²) in [6.45, 7) is 2.04. The van der Waals surface area contributed by atoms with E-state index in [2.05, 4.69) is 4.98 Å². The fourth-order valence-electron chi connectivity index (χ4n) is 2.60. The van der Waals surface area contributed by atoms with Gasteiger partial charge in [-0.05, 0) is 18.1 Å². The first-order valence-corrected chi connectivity index (χ1v) is 7.00. The third-order valence-corrected chi connectivity index (χ3v) is 3.52. The van der Waals surface area contributed by atoms with Crippen LogP contribution in [0.5, 0.6) is 0 Å². The summed E-state index contributed by atoms with van der Waals surface area (Å²) in [6.07, 6.45) is 1.45. The third kappa shape index (κ3) is 2.14. The second kappa shape index (κ2) is 5.33. The molecule has 0 unspecified atom stereocenters. The number of Topliss-reactive ketones (excluding diaryl/α,β-unsaturated/α-hetero) is 1. The van der Waals surface area contributed by atoms with Crippen molar-refractivity contribution in [2.75, 3.05) is 0 Å². The molecule has 0 radical (unpaired) electrons. The van der Waals surface area contributed by atoms with E-state index in [9.17, 15) is 4.79 Å². The summed E-state index contributed by atoms with van der Waals surface area (Å²) in [5.41, 5.74) is 3.84. The number of H-pyrrole nitrogens is 1. The largest absolute Gasteiger partial charge is 0.354 e. The van der Waals surface area contributed by atoms with Gasteiger partial charge in [0.1, 0.15) is 0 Å². The number of ketones is 1. The van der Waals surface area contributed by atoms with Crippen LogP contribution in [0.3, 0.4) is 0 Å². The molecule has 1 heterocycles. The molecule has 1 aromatic heterocycles. The Morgan fingerprint density at radius 3 is 2.45 bits per heavy atom. The second-order valence-electron chi connectivity index (χ2n) is 4.96. The lowest BCUT2D eigenvalue weighted by atomic mass is 9.99. The Labute approximate surface area is 118 Å². The molecular weight excluding hydrogens is 246 g/mol. The number of hydrogen-bond acceptors (Lipinski definition) is 1. The van der Waals surface area contributed by atoms with Crippen molar-refractivity contribution in [1.29, 1.82) is 0 Å². The molecule has 0 saturated carbocycles. The zero-order valence-corrected chi connectivity index (χ0v) is 11.5. The number of fused-ring (bicyclic) bond motifs is 1. The van der Waals surface area contributed by atoms with Crippen LogP contribution in [-0.2, 0) is 0 Å². The first-order chi connectivity index (χ1) is 9.81. The predicted molar refractivity (Wildman–Crippen MR) is 83.0 cm³/mol. The lowest BCUT2D eigenvalue weighted by molar-refractivity contribution is 0.0984. The Morgan fingerprint density at radius 2 is 1.70 bits per heavy atom. The van der Waals surface area contributed by atoms with Gasteiger partial charge in [-0.15, -0.1) is 0 Å². The molecule has 20 heavy (non-hydrogen) atoms. The van der Waals surface area contributed by atoms with Crippen molar-refractivity contribution in [1.82, 2.24) is 4.98 Å². The molecule has 0 atom stereocenters. The maximum Gasteiger partial charge on any atom is 0.165 e. The van der Waals surface area contributed by atoms with Gasteiger partial charge in [0.15, 0.2) is 5.78 Å². The monoisotopic (exact) mass is 263 g/mol. The average Bonchev–Trinajstić information content (AvgIpc) is 2.88. The minimum Gasteiger partial charge on any atom is -0.354 e. The van der Waals surface area contributed by atoms with Gasteiger partial charge in [-0.2, -0.15) is 0 Å². The number of hydrogen-bond donors (Lipinski definition) is 1. The Hall–Kier alpha value is -2.35. The Morgan fingerprint density at radius 1 is 1.00 bits per heavy atom. The molecule has 0 bridgehead atoms. The van der Waals surface area contributed by atoms with E-state index in [1.165, 1.54) is 0 Å². The second-order valence-corrected chi connectivity index (χ2v) is 4.96. The van der Waals surface area contributed by atoms with E-state index in [1.54, 1.807) is 0 Å². The standard InChI is InChI=1S/C18H17NO/c1-2-8-16(20)17-14-11-6-7-12-15(14)19-18(17)13-9-4-3-5-10-13/h3-7,9-12,19H,2,8H2,1H3. The molecule has 2 nitrogen and oxygen atoms in total. The van der Waals surface area contributed by atoms with Crippen molar-refractivity contribution in [3.05, 3.63) is 60.2 Å². The SMILES string of the molecule is CCCC(=O)c1c(-c2ccccc2)[nH]c2ccccc12. The molecule has 100 valence electrons. The fourth-order valence-corrected chi connectivity index (χ4v) is 2.60. The van der Waals surface area contributed by atoms with Gasteiger partial charge < -0.3 is 4.98 Å². The molecular formula is C18H17NO. The van der Waals surface area contributed by atoms with Gasteiger partial charge in [-0.1, -0.05) is 55.5 Å². The number of carbonyl (C=O) groups is 1. The first-order valence-electron chi connectivity index (χ1n) is 7.00. The summed E-state index contributed by atoms with van der Waals surface area (Å²) in [5, 5.41) is 1.02. The van der Waals surface area contributed by atoms with Gasteiger partial charge >= 0.3 is 0 Å². The molecule has 3 rings (SSSR count). The molecule has 0 aliphatic rings. The van der Waals surface area contributed by atoms with E-state index in [-0.39, 0.29) is 5.78 Å². The van der Waals surface area contributed by atoms with Gasteiger partial charge in [0.25, 0.3) is 0 Å². The highest BCUT2D eigenvalue weighted by Gasteiger charge is 2.18. The third-order valence-electron chi connectivity index (χ3n) is 3.52. The van der Waals surface area contributed by atoms with E-state index in [0.29, 0.717) is 6.42 Å². The van der Waals surface area contributed by atoms with E-state index < -0.39 is 0 Å². The van der Waals surface area contributed by atoms with Crippen molar-refractivity contribution >= 4 is 16.7 Å². The van der Waals surface area contributed by atoms with Crippen molar-refractivity contribution in [3.8, 4) is 11.3 Å². The normalized spacial score (nSPS) is 10.8. The number of benzene rings is 2. The van der Waals surface area contributed by atoms with E-state index in [0.717, 1.165) is 34.1 Å². The van der Waals surface area contributed by atoms with Crippen LogP contribution in [0, 0.1) is 0 Å². The summed E-state index contributed by atoms with van der Waals surface area (Å²) in [4.78, 5) is 15.9. The number of aromatic amines is 1. The van der Waals surface area contributed by atoms with Crippen LogP contribution < -0.4 is 0 Å². The molecule has 2 heteroatoms. The van der Waals surface area contributed by atoms with Gasteiger partial charge in [0.05, 0.1) is 11.3 Å². The average molecular weight is 263 g/mol. The summed E-state index contributed by atoms with van der Waals surface area (Å²) < 4.78 is 0. The van der Waals surface area contributed by atoms with Crippen molar-refractivity contribution in [3.63, 3.8) is 0 Å². The van der Waals surface area contributed by atoms with Crippen LogP contribution in [0.25, 0.3) is 22.2 Å². The van der Waals surface area contributed by atoms with Crippen molar-refractivity contribution in [2.24, 2.45) is 0 Å². The van der Waals surface area contributed by atoms with E-state index in [4.69, 9.17) is 0 Å². The minimum atomic E-state index is 0.212. The highest BCUT2D eigenvalue weighted by Crippen LogP contribution is 2.31. The fraction of sp³-hybridized carbons (Fsp3) is 0.167. The van der Waals surface area contributed by atoms with Crippen molar-refractivity contribution < 1.29 is 4.79 Å². The number of rotatable bonds is 4. The van der Waals surface area contributed by atoms with E-state index >= 15 is 0 Å².